The van der Waals surface area contributed by atoms with Crippen molar-refractivity contribution >= 4 is 29.9 Å². The van der Waals surface area contributed by atoms with Gasteiger partial charge >= 0.3 is 0 Å². The van der Waals surface area contributed by atoms with Crippen molar-refractivity contribution in [3.63, 3.8) is 0 Å². The Kier molecular flexibility index (Phi) is 9.60. The van der Waals surface area contributed by atoms with Crippen LogP contribution in [0.1, 0.15) is 93.6 Å². The van der Waals surface area contributed by atoms with Gasteiger partial charge in [-0.05, 0) is 79.3 Å². The van der Waals surface area contributed by atoms with E-state index in [1.165, 1.54) is 42.8 Å². The highest BCUT2D eigenvalue weighted by Crippen LogP contribution is 2.34. The molecule has 5 rings (SSSR count). The Morgan fingerprint density at radius 2 is 1.17 bits per heavy atom. The molecular formula is C30H42N2O6S3. The summed E-state index contributed by atoms with van der Waals surface area (Å²) in [6.07, 6.45) is 11.8. The molecule has 2 aromatic rings. The quantitative estimate of drug-likeness (QED) is 0.401. The van der Waals surface area contributed by atoms with Crippen molar-refractivity contribution in [3.8, 4) is 0 Å². The van der Waals surface area contributed by atoms with Gasteiger partial charge in [-0.3, -0.25) is 0 Å². The normalized spacial score (nSPS) is 22.7. The predicted molar refractivity (Wildman–Crippen MR) is 161 cm³/mol. The van der Waals surface area contributed by atoms with Gasteiger partial charge < -0.3 is 0 Å². The van der Waals surface area contributed by atoms with Crippen molar-refractivity contribution in [2.24, 2.45) is 0 Å². The second kappa shape index (κ2) is 12.8. The SMILES string of the molecule is O=S1(=O)CC[C@H](N(CCNS(=O)(=O)c2ccc(C3CCCCC3)cc2)S(=O)(=O)c2ccc(C3CCCCC3)cc2)C1. The van der Waals surface area contributed by atoms with E-state index in [0.717, 1.165) is 36.8 Å². The van der Waals surface area contributed by atoms with Crippen molar-refractivity contribution < 1.29 is 25.3 Å². The molecule has 1 atom stereocenters. The fraction of sp³-hybridized carbons (Fsp3) is 0.600. The molecule has 1 heterocycles. The summed E-state index contributed by atoms with van der Waals surface area (Å²) in [5.74, 6) is 0.555. The molecule has 226 valence electrons. The molecule has 0 bridgehead atoms. The summed E-state index contributed by atoms with van der Waals surface area (Å²) in [5, 5.41) is 0. The van der Waals surface area contributed by atoms with Crippen LogP contribution in [0.15, 0.2) is 58.3 Å². The van der Waals surface area contributed by atoms with E-state index in [1.54, 1.807) is 24.3 Å². The zero-order chi connectivity index (χ0) is 29.1. The third-order valence-electron chi connectivity index (χ3n) is 9.07. The lowest BCUT2D eigenvalue weighted by Gasteiger charge is -2.28. The van der Waals surface area contributed by atoms with Crippen molar-refractivity contribution in [1.82, 2.24) is 9.03 Å². The number of hydrogen-bond donors (Lipinski definition) is 1. The molecule has 0 amide bonds. The molecule has 3 fully saturated rings. The van der Waals surface area contributed by atoms with Gasteiger partial charge in [0.1, 0.15) is 0 Å². The Hall–Kier alpha value is -1.79. The van der Waals surface area contributed by atoms with Crippen LogP contribution in [0.3, 0.4) is 0 Å². The summed E-state index contributed by atoms with van der Waals surface area (Å²) >= 11 is 0. The Morgan fingerprint density at radius 3 is 1.63 bits per heavy atom. The van der Waals surface area contributed by atoms with Crippen molar-refractivity contribution in [2.45, 2.75) is 98.3 Å². The van der Waals surface area contributed by atoms with E-state index >= 15 is 0 Å². The number of sulfone groups is 1. The number of benzene rings is 2. The maximum Gasteiger partial charge on any atom is 0.243 e. The number of nitrogens with zero attached hydrogens (tertiary/aromatic N) is 1. The molecule has 11 heteroatoms. The molecule has 0 radical (unpaired) electrons. The van der Waals surface area contributed by atoms with Crippen LogP contribution in [0.5, 0.6) is 0 Å². The smallest absolute Gasteiger partial charge is 0.229 e. The first kappa shape index (κ1) is 30.7. The van der Waals surface area contributed by atoms with Crippen LogP contribution in [-0.4, -0.2) is 60.2 Å². The second-order valence-corrected chi connectivity index (χ2v) is 17.8. The van der Waals surface area contributed by atoms with E-state index in [4.69, 9.17) is 0 Å². The zero-order valence-corrected chi connectivity index (χ0v) is 26.0. The van der Waals surface area contributed by atoms with Crippen LogP contribution in [0, 0.1) is 0 Å². The van der Waals surface area contributed by atoms with E-state index in [1.807, 2.05) is 24.3 Å². The Bertz CT molecular complexity index is 1490. The molecule has 2 aromatic carbocycles. The number of sulfonamides is 2. The zero-order valence-electron chi connectivity index (χ0n) is 23.6. The fourth-order valence-corrected chi connectivity index (χ4v) is 11.2. The Labute approximate surface area is 245 Å². The topological polar surface area (TPSA) is 118 Å². The van der Waals surface area contributed by atoms with Gasteiger partial charge in [0.05, 0.1) is 21.3 Å². The maximum atomic E-state index is 13.8. The molecule has 8 nitrogen and oxygen atoms in total. The summed E-state index contributed by atoms with van der Waals surface area (Å²) in [6.45, 7) is -0.324. The minimum atomic E-state index is -4.05. The highest BCUT2D eigenvalue weighted by Gasteiger charge is 2.39. The van der Waals surface area contributed by atoms with E-state index < -0.39 is 35.9 Å². The highest BCUT2D eigenvalue weighted by atomic mass is 32.2. The lowest BCUT2D eigenvalue weighted by Crippen LogP contribution is -2.45. The van der Waals surface area contributed by atoms with Gasteiger partial charge in [-0.15, -0.1) is 0 Å². The van der Waals surface area contributed by atoms with E-state index in [0.29, 0.717) is 11.8 Å². The molecule has 1 saturated heterocycles. The second-order valence-electron chi connectivity index (χ2n) is 11.9. The van der Waals surface area contributed by atoms with Crippen LogP contribution >= 0.6 is 0 Å². The Morgan fingerprint density at radius 1 is 0.683 bits per heavy atom. The summed E-state index contributed by atoms with van der Waals surface area (Å²) in [4.78, 5) is 0.232. The minimum Gasteiger partial charge on any atom is -0.229 e. The third-order valence-corrected chi connectivity index (χ3v) is 14.3. The highest BCUT2D eigenvalue weighted by molar-refractivity contribution is 7.92. The fourth-order valence-electron chi connectivity index (χ4n) is 6.71. The molecule has 1 N–H and O–H groups in total. The molecule has 2 aliphatic carbocycles. The molecule has 41 heavy (non-hydrogen) atoms. The largest absolute Gasteiger partial charge is 0.243 e. The van der Waals surface area contributed by atoms with Crippen LogP contribution in [0.25, 0.3) is 0 Å². The van der Waals surface area contributed by atoms with E-state index in [2.05, 4.69) is 4.72 Å². The first-order valence-corrected chi connectivity index (χ1v) is 19.7. The maximum absolute atomic E-state index is 13.8. The van der Waals surface area contributed by atoms with Gasteiger partial charge in [0.15, 0.2) is 9.84 Å². The molecule has 3 aliphatic rings. The lowest BCUT2D eigenvalue weighted by atomic mass is 9.84. The van der Waals surface area contributed by atoms with E-state index in [-0.39, 0.29) is 40.8 Å². The summed E-state index contributed by atoms with van der Waals surface area (Å²) in [5.41, 5.74) is 2.28. The van der Waals surface area contributed by atoms with Gasteiger partial charge in [0, 0.05) is 19.1 Å². The Balaban J connectivity index is 1.29. The number of hydrogen-bond acceptors (Lipinski definition) is 6. The van der Waals surface area contributed by atoms with Crippen molar-refractivity contribution in [3.05, 3.63) is 59.7 Å². The van der Waals surface area contributed by atoms with Crippen LogP contribution in [0.4, 0.5) is 0 Å². The van der Waals surface area contributed by atoms with Gasteiger partial charge in [0.2, 0.25) is 20.0 Å². The minimum absolute atomic E-state index is 0.0800. The molecule has 0 aromatic heterocycles. The molecule has 0 unspecified atom stereocenters. The third kappa shape index (κ3) is 7.41. The van der Waals surface area contributed by atoms with Gasteiger partial charge in [-0.25, -0.2) is 30.0 Å². The average molecular weight is 623 g/mol. The number of rotatable bonds is 10. The standard InChI is InChI=1S/C30H42N2O6S3/c33-39(34)22-19-28(23-39)32(41(37,38)30-17-13-27(14-18-30)25-9-5-2-6-10-25)21-20-31-40(35,36)29-15-11-26(12-16-29)24-7-3-1-4-8-24/h11-18,24-25,28,31H,1-10,19-23H2/t28-/m0/s1. The monoisotopic (exact) mass is 622 g/mol. The molecule has 1 aliphatic heterocycles. The van der Waals surface area contributed by atoms with Crippen LogP contribution in [0.2, 0.25) is 0 Å². The van der Waals surface area contributed by atoms with Crippen LogP contribution in [-0.2, 0) is 29.9 Å². The first-order valence-electron chi connectivity index (χ1n) is 15.0. The molecule has 0 spiro atoms. The first-order chi connectivity index (χ1) is 19.6. The van der Waals surface area contributed by atoms with Gasteiger partial charge in [-0.1, -0.05) is 62.8 Å². The predicted octanol–water partition coefficient (Wildman–Crippen LogP) is 4.94. The van der Waals surface area contributed by atoms with Crippen LogP contribution < -0.4 is 4.72 Å². The van der Waals surface area contributed by atoms with Gasteiger partial charge in [-0.2, -0.15) is 4.31 Å². The summed E-state index contributed by atoms with van der Waals surface area (Å²) in [7, 11) is -11.3. The summed E-state index contributed by atoms with van der Waals surface area (Å²) in [6, 6.07) is 13.2. The molecular weight excluding hydrogens is 581 g/mol. The summed E-state index contributed by atoms with van der Waals surface area (Å²) < 4.78 is 81.9. The average Bonchev–Trinajstić information content (AvgIpc) is 3.35. The molecule has 2 saturated carbocycles. The van der Waals surface area contributed by atoms with Gasteiger partial charge in [0.25, 0.3) is 0 Å². The number of nitrogens with one attached hydrogen (secondary N) is 1. The van der Waals surface area contributed by atoms with Crippen molar-refractivity contribution in [2.75, 3.05) is 24.6 Å². The lowest BCUT2D eigenvalue weighted by molar-refractivity contribution is 0.343. The van der Waals surface area contributed by atoms with E-state index in [9.17, 15) is 25.3 Å². The van der Waals surface area contributed by atoms with Crippen molar-refractivity contribution in [1.29, 1.82) is 0 Å².